The Morgan fingerprint density at radius 3 is 2.63 bits per heavy atom. The number of nitro benzene ring substituents is 1. The van der Waals surface area contributed by atoms with Crippen molar-refractivity contribution in [3.05, 3.63) is 57.6 Å². The van der Waals surface area contributed by atoms with Crippen LogP contribution in [0.1, 0.15) is 28.8 Å². The summed E-state index contributed by atoms with van der Waals surface area (Å²) in [5.74, 6) is 0.857. The summed E-state index contributed by atoms with van der Waals surface area (Å²) in [6, 6.07) is 10.0. The number of hydrogen-bond acceptors (Lipinski definition) is 6. The number of hydrogen-bond donors (Lipinski definition) is 2. The third kappa shape index (κ3) is 4.28. The van der Waals surface area contributed by atoms with Crippen LogP contribution in [0, 0.1) is 10.1 Å². The lowest BCUT2D eigenvalue weighted by molar-refractivity contribution is -0.384. The van der Waals surface area contributed by atoms with Crippen LogP contribution in [-0.4, -0.2) is 31.1 Å². The summed E-state index contributed by atoms with van der Waals surface area (Å²) in [5, 5.41) is 17.3. The lowest BCUT2D eigenvalue weighted by atomic mass is 10.1. The number of anilines is 1. The van der Waals surface area contributed by atoms with Crippen LogP contribution >= 0.6 is 0 Å². The van der Waals surface area contributed by atoms with E-state index in [1.165, 1.54) is 13.2 Å². The standard InChI is InChI=1S/C19H21N3O5/c1-26-17-5-3-4-13(18(17)27-2)11-20-15-9-6-12(10-16(15)22(24)25)19(23)21-14-7-8-14/h3-6,9-10,14,20H,7-8,11H2,1-2H3,(H,21,23). The van der Waals surface area contributed by atoms with Gasteiger partial charge in [-0.2, -0.15) is 0 Å². The molecule has 1 saturated carbocycles. The quantitative estimate of drug-likeness (QED) is 0.546. The number of nitro groups is 1. The molecule has 1 aliphatic carbocycles. The number of methoxy groups -OCH3 is 2. The van der Waals surface area contributed by atoms with E-state index in [-0.39, 0.29) is 23.2 Å². The van der Waals surface area contributed by atoms with Gasteiger partial charge in [0.2, 0.25) is 0 Å². The number of para-hydroxylation sites is 1. The van der Waals surface area contributed by atoms with Gasteiger partial charge in [-0.05, 0) is 31.0 Å². The van der Waals surface area contributed by atoms with Crippen LogP contribution in [0.15, 0.2) is 36.4 Å². The number of carbonyl (C=O) groups excluding carboxylic acids is 1. The molecule has 8 heteroatoms. The van der Waals surface area contributed by atoms with E-state index in [1.807, 2.05) is 12.1 Å². The van der Waals surface area contributed by atoms with Gasteiger partial charge in [-0.3, -0.25) is 14.9 Å². The molecule has 1 fully saturated rings. The smallest absolute Gasteiger partial charge is 0.293 e. The van der Waals surface area contributed by atoms with Crippen molar-refractivity contribution in [1.29, 1.82) is 0 Å². The Bertz CT molecular complexity index is 864. The molecule has 2 aromatic rings. The first-order valence-electron chi connectivity index (χ1n) is 8.56. The molecule has 0 aliphatic heterocycles. The fraction of sp³-hybridized carbons (Fsp3) is 0.316. The maximum absolute atomic E-state index is 12.1. The maximum Gasteiger partial charge on any atom is 0.293 e. The third-order valence-corrected chi connectivity index (χ3v) is 4.32. The Balaban J connectivity index is 1.80. The Labute approximate surface area is 156 Å². The Kier molecular flexibility index (Phi) is 5.44. The molecule has 142 valence electrons. The van der Waals surface area contributed by atoms with Gasteiger partial charge in [-0.1, -0.05) is 12.1 Å². The molecule has 0 saturated heterocycles. The molecular formula is C19H21N3O5. The molecule has 8 nitrogen and oxygen atoms in total. The number of amides is 1. The molecule has 1 amide bonds. The van der Waals surface area contributed by atoms with Crippen LogP contribution < -0.4 is 20.1 Å². The fourth-order valence-electron chi connectivity index (χ4n) is 2.75. The zero-order valence-electron chi connectivity index (χ0n) is 15.2. The van der Waals surface area contributed by atoms with Crippen LogP contribution in [0.25, 0.3) is 0 Å². The highest BCUT2D eigenvalue weighted by molar-refractivity contribution is 5.96. The third-order valence-electron chi connectivity index (χ3n) is 4.32. The summed E-state index contributed by atoms with van der Waals surface area (Å²) in [6.07, 6.45) is 1.91. The summed E-state index contributed by atoms with van der Waals surface area (Å²) < 4.78 is 10.6. The number of benzene rings is 2. The molecule has 0 aromatic heterocycles. The Morgan fingerprint density at radius 1 is 1.22 bits per heavy atom. The predicted molar refractivity (Wildman–Crippen MR) is 100 cm³/mol. The van der Waals surface area contributed by atoms with E-state index in [9.17, 15) is 14.9 Å². The first-order valence-corrected chi connectivity index (χ1v) is 8.56. The molecule has 0 spiro atoms. The van der Waals surface area contributed by atoms with Gasteiger partial charge in [0, 0.05) is 29.8 Å². The van der Waals surface area contributed by atoms with Gasteiger partial charge < -0.3 is 20.1 Å². The average Bonchev–Trinajstić information content (AvgIpc) is 3.49. The molecule has 2 N–H and O–H groups in total. The molecule has 3 rings (SSSR count). The molecule has 27 heavy (non-hydrogen) atoms. The molecule has 0 atom stereocenters. The van der Waals surface area contributed by atoms with E-state index in [4.69, 9.17) is 9.47 Å². The zero-order chi connectivity index (χ0) is 19.4. The maximum atomic E-state index is 12.1. The second-order valence-corrected chi connectivity index (χ2v) is 6.24. The Hall–Kier alpha value is -3.29. The topological polar surface area (TPSA) is 103 Å². The van der Waals surface area contributed by atoms with Crippen molar-refractivity contribution in [2.24, 2.45) is 0 Å². The lowest BCUT2D eigenvalue weighted by Crippen LogP contribution is -2.25. The first-order chi connectivity index (χ1) is 13.0. The van der Waals surface area contributed by atoms with E-state index in [1.54, 1.807) is 25.3 Å². The zero-order valence-corrected chi connectivity index (χ0v) is 15.2. The predicted octanol–water partition coefficient (Wildman–Crippen LogP) is 3.12. The Morgan fingerprint density at radius 2 is 2.00 bits per heavy atom. The van der Waals surface area contributed by atoms with E-state index in [2.05, 4.69) is 10.6 Å². The SMILES string of the molecule is COc1cccc(CNc2ccc(C(=O)NC3CC3)cc2[N+](=O)[O-])c1OC. The van der Waals surface area contributed by atoms with Crippen molar-refractivity contribution >= 4 is 17.3 Å². The van der Waals surface area contributed by atoms with Crippen molar-refractivity contribution in [2.75, 3.05) is 19.5 Å². The van der Waals surface area contributed by atoms with E-state index in [0.29, 0.717) is 23.7 Å². The summed E-state index contributed by atoms with van der Waals surface area (Å²) in [6.45, 7) is 0.300. The second-order valence-electron chi connectivity index (χ2n) is 6.24. The molecule has 0 radical (unpaired) electrons. The van der Waals surface area contributed by atoms with Gasteiger partial charge in [0.25, 0.3) is 11.6 Å². The fourth-order valence-corrected chi connectivity index (χ4v) is 2.75. The van der Waals surface area contributed by atoms with Gasteiger partial charge in [-0.15, -0.1) is 0 Å². The minimum atomic E-state index is -0.501. The largest absolute Gasteiger partial charge is 0.493 e. The molecule has 0 heterocycles. The minimum Gasteiger partial charge on any atom is -0.493 e. The highest BCUT2D eigenvalue weighted by Gasteiger charge is 2.25. The number of nitrogens with one attached hydrogen (secondary N) is 2. The second kappa shape index (κ2) is 7.94. The van der Waals surface area contributed by atoms with Crippen LogP contribution in [0.5, 0.6) is 11.5 Å². The minimum absolute atomic E-state index is 0.152. The lowest BCUT2D eigenvalue weighted by Gasteiger charge is -2.14. The van der Waals surface area contributed by atoms with Gasteiger partial charge in [0.05, 0.1) is 19.1 Å². The van der Waals surface area contributed by atoms with Crippen molar-refractivity contribution < 1.29 is 19.2 Å². The van der Waals surface area contributed by atoms with E-state index < -0.39 is 4.92 Å². The van der Waals surface area contributed by atoms with Gasteiger partial charge in [0.15, 0.2) is 11.5 Å². The highest BCUT2D eigenvalue weighted by atomic mass is 16.6. The number of carbonyl (C=O) groups is 1. The van der Waals surface area contributed by atoms with Crippen molar-refractivity contribution in [1.82, 2.24) is 5.32 Å². The highest BCUT2D eigenvalue weighted by Crippen LogP contribution is 2.32. The number of ether oxygens (including phenoxy) is 2. The van der Waals surface area contributed by atoms with Crippen molar-refractivity contribution in [2.45, 2.75) is 25.4 Å². The van der Waals surface area contributed by atoms with Crippen LogP contribution in [-0.2, 0) is 6.54 Å². The number of rotatable bonds is 8. The van der Waals surface area contributed by atoms with Gasteiger partial charge in [0.1, 0.15) is 5.69 Å². The van der Waals surface area contributed by atoms with Crippen LogP contribution in [0.2, 0.25) is 0 Å². The molecule has 0 bridgehead atoms. The molecular weight excluding hydrogens is 350 g/mol. The van der Waals surface area contributed by atoms with Gasteiger partial charge >= 0.3 is 0 Å². The van der Waals surface area contributed by atoms with E-state index in [0.717, 1.165) is 18.4 Å². The normalized spacial score (nSPS) is 13.0. The van der Waals surface area contributed by atoms with Crippen molar-refractivity contribution in [3.8, 4) is 11.5 Å². The summed E-state index contributed by atoms with van der Waals surface area (Å²) >= 11 is 0. The number of nitrogens with zero attached hydrogens (tertiary/aromatic N) is 1. The average molecular weight is 371 g/mol. The van der Waals surface area contributed by atoms with Gasteiger partial charge in [-0.25, -0.2) is 0 Å². The van der Waals surface area contributed by atoms with Crippen LogP contribution in [0.4, 0.5) is 11.4 Å². The molecule has 0 unspecified atom stereocenters. The summed E-state index contributed by atoms with van der Waals surface area (Å²) in [4.78, 5) is 23.1. The molecule has 2 aromatic carbocycles. The van der Waals surface area contributed by atoms with Crippen LogP contribution in [0.3, 0.4) is 0 Å². The first kappa shape index (κ1) is 18.5. The monoisotopic (exact) mass is 371 g/mol. The summed E-state index contributed by atoms with van der Waals surface area (Å²) in [7, 11) is 3.09. The molecule has 1 aliphatic rings. The summed E-state index contributed by atoms with van der Waals surface area (Å²) in [5.41, 5.74) is 1.24. The van der Waals surface area contributed by atoms with E-state index >= 15 is 0 Å². The van der Waals surface area contributed by atoms with Crippen molar-refractivity contribution in [3.63, 3.8) is 0 Å².